The minimum atomic E-state index is -0.442. The van der Waals surface area contributed by atoms with Gasteiger partial charge in [-0.3, -0.25) is 0 Å². The molecule has 0 aliphatic carbocycles. The second-order valence-corrected chi connectivity index (χ2v) is 7.06. The Kier molecular flexibility index (Phi) is 6.90. The second-order valence-electron chi connectivity index (χ2n) is 6.22. The van der Waals surface area contributed by atoms with Crippen molar-refractivity contribution in [1.82, 2.24) is 14.5 Å². The number of carbonyl (C=O) groups excluding carboxylic acids is 1. The van der Waals surface area contributed by atoms with Crippen LogP contribution in [-0.4, -0.2) is 27.0 Å². The SMILES string of the molecule is O=C(Nc1cccc(Cl)c1)N(CCCn1ccnc1)Cc1c(F)cccc1Cl. The molecule has 2 amide bonds. The highest BCUT2D eigenvalue weighted by molar-refractivity contribution is 6.31. The molecular weight excluding hydrogens is 402 g/mol. The maximum atomic E-state index is 14.2. The Balaban J connectivity index is 1.73. The molecule has 1 N–H and O–H groups in total. The number of carbonyl (C=O) groups is 1. The number of anilines is 1. The third-order valence-corrected chi connectivity index (χ3v) is 4.77. The van der Waals surface area contributed by atoms with Gasteiger partial charge in [0.15, 0.2) is 0 Å². The van der Waals surface area contributed by atoms with E-state index in [1.165, 1.54) is 17.0 Å². The fourth-order valence-electron chi connectivity index (χ4n) is 2.76. The van der Waals surface area contributed by atoms with Crippen LogP contribution in [0.2, 0.25) is 10.0 Å². The van der Waals surface area contributed by atoms with Crippen molar-refractivity contribution in [2.45, 2.75) is 19.5 Å². The smallest absolute Gasteiger partial charge is 0.322 e. The summed E-state index contributed by atoms with van der Waals surface area (Å²) in [5, 5.41) is 3.61. The van der Waals surface area contributed by atoms with E-state index < -0.39 is 5.82 Å². The van der Waals surface area contributed by atoms with Gasteiger partial charge in [0.05, 0.1) is 12.9 Å². The molecule has 0 aliphatic heterocycles. The molecule has 0 unspecified atom stereocenters. The van der Waals surface area contributed by atoms with Crippen molar-refractivity contribution in [3.8, 4) is 0 Å². The van der Waals surface area contributed by atoms with Crippen molar-refractivity contribution in [3.05, 3.63) is 82.6 Å². The van der Waals surface area contributed by atoms with Crippen molar-refractivity contribution in [3.63, 3.8) is 0 Å². The Morgan fingerprint density at radius 1 is 1.21 bits per heavy atom. The highest BCUT2D eigenvalue weighted by Crippen LogP contribution is 2.22. The van der Waals surface area contributed by atoms with Crippen molar-refractivity contribution in [1.29, 1.82) is 0 Å². The molecule has 0 spiro atoms. The molecule has 0 aliphatic rings. The van der Waals surface area contributed by atoms with E-state index in [2.05, 4.69) is 10.3 Å². The van der Waals surface area contributed by atoms with Gasteiger partial charge in [-0.15, -0.1) is 0 Å². The first-order valence-electron chi connectivity index (χ1n) is 8.73. The van der Waals surface area contributed by atoms with Gasteiger partial charge in [-0.05, 0) is 36.8 Å². The summed E-state index contributed by atoms with van der Waals surface area (Å²) >= 11 is 12.1. The van der Waals surface area contributed by atoms with E-state index in [1.807, 2.05) is 10.8 Å². The van der Waals surface area contributed by atoms with Crippen molar-refractivity contribution < 1.29 is 9.18 Å². The Morgan fingerprint density at radius 2 is 2.04 bits per heavy atom. The molecule has 0 fully saturated rings. The highest BCUT2D eigenvalue weighted by atomic mass is 35.5. The topological polar surface area (TPSA) is 50.2 Å². The van der Waals surface area contributed by atoms with Gasteiger partial charge in [0, 0.05) is 46.8 Å². The van der Waals surface area contributed by atoms with Crippen molar-refractivity contribution in [2.24, 2.45) is 0 Å². The van der Waals surface area contributed by atoms with E-state index in [4.69, 9.17) is 23.2 Å². The lowest BCUT2D eigenvalue weighted by Gasteiger charge is -2.24. The number of hydrogen-bond acceptors (Lipinski definition) is 2. The number of aryl methyl sites for hydroxylation is 1. The molecule has 0 radical (unpaired) electrons. The monoisotopic (exact) mass is 420 g/mol. The zero-order valence-corrected chi connectivity index (χ0v) is 16.5. The summed E-state index contributed by atoms with van der Waals surface area (Å²) in [6, 6.07) is 11.0. The first kappa shape index (κ1) is 20.2. The van der Waals surface area contributed by atoms with Gasteiger partial charge in [-0.2, -0.15) is 0 Å². The largest absolute Gasteiger partial charge is 0.337 e. The van der Waals surface area contributed by atoms with Gasteiger partial charge < -0.3 is 14.8 Å². The molecule has 1 aromatic heterocycles. The van der Waals surface area contributed by atoms with Gasteiger partial charge in [-0.1, -0.05) is 35.3 Å². The van der Waals surface area contributed by atoms with Crippen LogP contribution in [0.3, 0.4) is 0 Å². The molecule has 3 rings (SSSR count). The maximum Gasteiger partial charge on any atom is 0.322 e. The number of benzene rings is 2. The zero-order valence-electron chi connectivity index (χ0n) is 15.0. The van der Waals surface area contributed by atoms with Crippen LogP contribution in [0, 0.1) is 5.82 Å². The van der Waals surface area contributed by atoms with Crippen LogP contribution in [0.4, 0.5) is 14.9 Å². The summed E-state index contributed by atoms with van der Waals surface area (Å²) in [5.74, 6) is -0.442. The van der Waals surface area contributed by atoms with Crippen LogP contribution in [0.25, 0.3) is 0 Å². The average molecular weight is 421 g/mol. The van der Waals surface area contributed by atoms with Gasteiger partial charge in [0.25, 0.3) is 0 Å². The van der Waals surface area contributed by atoms with Crippen molar-refractivity contribution in [2.75, 3.05) is 11.9 Å². The lowest BCUT2D eigenvalue weighted by Crippen LogP contribution is -2.36. The summed E-state index contributed by atoms with van der Waals surface area (Å²) in [7, 11) is 0. The summed E-state index contributed by atoms with van der Waals surface area (Å²) in [5.41, 5.74) is 0.852. The van der Waals surface area contributed by atoms with Gasteiger partial charge in [0.2, 0.25) is 0 Å². The van der Waals surface area contributed by atoms with E-state index in [0.29, 0.717) is 30.2 Å². The van der Waals surface area contributed by atoms with Gasteiger partial charge in [-0.25, -0.2) is 14.2 Å². The second kappa shape index (κ2) is 9.57. The lowest BCUT2D eigenvalue weighted by atomic mass is 10.2. The van der Waals surface area contributed by atoms with E-state index in [9.17, 15) is 9.18 Å². The third-order valence-electron chi connectivity index (χ3n) is 4.18. The molecule has 8 heteroatoms. The molecule has 3 aromatic rings. The number of nitrogens with one attached hydrogen (secondary N) is 1. The molecular formula is C20H19Cl2FN4O. The summed E-state index contributed by atoms with van der Waals surface area (Å²) in [6.07, 6.45) is 5.93. The number of hydrogen-bond donors (Lipinski definition) is 1. The molecule has 5 nitrogen and oxygen atoms in total. The fraction of sp³-hybridized carbons (Fsp3) is 0.200. The van der Waals surface area contributed by atoms with Crippen LogP contribution >= 0.6 is 23.2 Å². The van der Waals surface area contributed by atoms with E-state index in [-0.39, 0.29) is 23.2 Å². The Bertz CT molecular complexity index is 913. The average Bonchev–Trinajstić information content (AvgIpc) is 3.17. The van der Waals surface area contributed by atoms with Crippen LogP contribution < -0.4 is 5.32 Å². The summed E-state index contributed by atoms with van der Waals surface area (Å²) in [6.45, 7) is 1.16. The molecule has 1 heterocycles. The lowest BCUT2D eigenvalue weighted by molar-refractivity contribution is 0.206. The van der Waals surface area contributed by atoms with Crippen LogP contribution in [-0.2, 0) is 13.1 Å². The number of aromatic nitrogens is 2. The Morgan fingerprint density at radius 3 is 2.75 bits per heavy atom. The van der Waals surface area contributed by atoms with Gasteiger partial charge in [0.1, 0.15) is 5.82 Å². The van der Waals surface area contributed by atoms with Crippen LogP contribution in [0.1, 0.15) is 12.0 Å². The van der Waals surface area contributed by atoms with E-state index >= 15 is 0 Å². The number of amides is 2. The predicted octanol–water partition coefficient (Wildman–Crippen LogP) is 5.45. The van der Waals surface area contributed by atoms with Crippen LogP contribution in [0.5, 0.6) is 0 Å². The first-order chi connectivity index (χ1) is 13.5. The van der Waals surface area contributed by atoms with E-state index in [0.717, 1.165) is 0 Å². The fourth-order valence-corrected chi connectivity index (χ4v) is 3.17. The summed E-state index contributed by atoms with van der Waals surface area (Å²) < 4.78 is 16.1. The number of nitrogens with zero attached hydrogens (tertiary/aromatic N) is 3. The Hall–Kier alpha value is -2.57. The molecule has 0 bridgehead atoms. The summed E-state index contributed by atoms with van der Waals surface area (Å²) in [4.78, 5) is 18.4. The quantitative estimate of drug-likeness (QED) is 0.551. The molecule has 28 heavy (non-hydrogen) atoms. The van der Waals surface area contributed by atoms with Crippen molar-refractivity contribution >= 4 is 34.9 Å². The van der Waals surface area contributed by atoms with Crippen LogP contribution in [0.15, 0.2) is 61.2 Å². The molecule has 0 atom stereocenters. The highest BCUT2D eigenvalue weighted by Gasteiger charge is 2.18. The standard InChI is InChI=1S/C20H19Cl2FN4O/c21-15-4-1-5-16(12-15)25-20(28)27(10-3-9-26-11-8-24-14-26)13-17-18(22)6-2-7-19(17)23/h1-2,4-8,11-12,14H,3,9-10,13H2,(H,25,28). The number of urea groups is 1. The molecule has 146 valence electrons. The third kappa shape index (κ3) is 5.47. The number of imidazole rings is 1. The molecule has 0 saturated heterocycles. The minimum absolute atomic E-state index is 0.0574. The number of rotatable bonds is 7. The zero-order chi connectivity index (χ0) is 19.9. The maximum absolute atomic E-state index is 14.2. The first-order valence-corrected chi connectivity index (χ1v) is 9.48. The molecule has 2 aromatic carbocycles. The molecule has 0 saturated carbocycles. The van der Waals surface area contributed by atoms with E-state index in [1.54, 1.807) is 42.9 Å². The number of halogens is 3. The Labute approximate surface area is 172 Å². The normalized spacial score (nSPS) is 10.7. The minimum Gasteiger partial charge on any atom is -0.337 e. The van der Waals surface area contributed by atoms with Gasteiger partial charge >= 0.3 is 6.03 Å². The predicted molar refractivity (Wildman–Crippen MR) is 109 cm³/mol.